The summed E-state index contributed by atoms with van der Waals surface area (Å²) in [5.74, 6) is -1.01. The topological polar surface area (TPSA) is 123 Å². The van der Waals surface area contributed by atoms with Crippen molar-refractivity contribution in [2.24, 2.45) is 10.7 Å². The fourth-order valence-electron chi connectivity index (χ4n) is 3.93. The first-order valence-electron chi connectivity index (χ1n) is 8.54. The quantitative estimate of drug-likeness (QED) is 0.598. The van der Waals surface area contributed by atoms with Gasteiger partial charge in [-0.3, -0.25) is 24.3 Å². The molecule has 9 heteroatoms. The highest BCUT2D eigenvalue weighted by Gasteiger charge is 2.57. The molecule has 2 amide bonds. The van der Waals surface area contributed by atoms with Crippen molar-refractivity contribution in [3.8, 4) is 0 Å². The molecule has 2 aromatic carbocycles. The van der Waals surface area contributed by atoms with Gasteiger partial charge in [-0.25, -0.2) is 9.89 Å². The second kappa shape index (κ2) is 5.26. The Labute approximate surface area is 158 Å². The molecule has 138 valence electrons. The van der Waals surface area contributed by atoms with Crippen molar-refractivity contribution in [2.75, 3.05) is 10.2 Å². The van der Waals surface area contributed by atoms with Crippen LogP contribution in [0, 0.1) is 0 Å². The standard InChI is InChI=1S/C19H14N6O3/c1-10(26)24-14-9-5-3-7-12(14)19(16(24)28)23-17(20)22-18-21-15(27)11-6-2-4-8-13(11)25(18)19/h2-9H,1H3,(H3,20,21,22,23,27)/t19-/m1/s1. The van der Waals surface area contributed by atoms with E-state index in [1.807, 2.05) is 0 Å². The van der Waals surface area contributed by atoms with Crippen LogP contribution in [-0.2, 0) is 15.3 Å². The van der Waals surface area contributed by atoms with Crippen LogP contribution in [0.5, 0.6) is 0 Å². The zero-order valence-corrected chi connectivity index (χ0v) is 14.7. The summed E-state index contributed by atoms with van der Waals surface area (Å²) in [6, 6.07) is 13.7. The monoisotopic (exact) mass is 374 g/mol. The molecule has 28 heavy (non-hydrogen) atoms. The predicted molar refractivity (Wildman–Crippen MR) is 103 cm³/mol. The van der Waals surface area contributed by atoms with Crippen LogP contribution < -0.4 is 21.5 Å². The highest BCUT2D eigenvalue weighted by molar-refractivity contribution is 6.23. The lowest BCUT2D eigenvalue weighted by Gasteiger charge is -2.34. The number of rotatable bonds is 0. The average molecular weight is 374 g/mol. The van der Waals surface area contributed by atoms with Crippen molar-refractivity contribution >= 4 is 40.3 Å². The number of hydrogen-bond acceptors (Lipinski definition) is 7. The molecule has 1 spiro atoms. The molecule has 0 saturated heterocycles. The van der Waals surface area contributed by atoms with Crippen molar-refractivity contribution in [2.45, 2.75) is 12.6 Å². The van der Waals surface area contributed by atoms with Crippen LogP contribution in [0.15, 0.2) is 58.3 Å². The van der Waals surface area contributed by atoms with Crippen LogP contribution >= 0.6 is 0 Å². The Morgan fingerprint density at radius 2 is 1.82 bits per heavy atom. The van der Waals surface area contributed by atoms with Gasteiger partial charge in [-0.1, -0.05) is 30.3 Å². The summed E-state index contributed by atoms with van der Waals surface area (Å²) in [5.41, 5.74) is 5.20. The molecule has 0 saturated carbocycles. The summed E-state index contributed by atoms with van der Waals surface area (Å²) in [6.45, 7) is 1.31. The largest absolute Gasteiger partial charge is 0.370 e. The van der Waals surface area contributed by atoms with E-state index in [2.05, 4.69) is 15.3 Å². The van der Waals surface area contributed by atoms with Gasteiger partial charge in [0.25, 0.3) is 17.1 Å². The van der Waals surface area contributed by atoms with Crippen LogP contribution in [0.4, 0.5) is 11.6 Å². The minimum Gasteiger partial charge on any atom is -0.370 e. The number of carbonyl (C=O) groups is 2. The fraction of sp³-hybridized carbons (Fsp3) is 0.105. The number of nitrogens with two attached hydrogens (primary N) is 1. The van der Waals surface area contributed by atoms with Crippen LogP contribution in [0.25, 0.3) is 10.9 Å². The van der Waals surface area contributed by atoms with Crippen molar-refractivity contribution in [1.29, 1.82) is 0 Å². The van der Waals surface area contributed by atoms with Crippen molar-refractivity contribution in [1.82, 2.24) is 9.55 Å². The summed E-state index contributed by atoms with van der Waals surface area (Å²) >= 11 is 0. The van der Waals surface area contributed by atoms with Crippen molar-refractivity contribution < 1.29 is 9.59 Å². The Bertz CT molecular complexity index is 1290. The second-order valence-electron chi connectivity index (χ2n) is 6.56. The SMILES string of the molecule is CC(=O)N1C(=O)[C@@]2(N=C(N)Nc3nc(=O)c4ccccc4n32)c2ccccc21. The van der Waals surface area contributed by atoms with Crippen LogP contribution in [0.3, 0.4) is 0 Å². The van der Waals surface area contributed by atoms with Crippen molar-refractivity contribution in [3.05, 3.63) is 64.4 Å². The summed E-state index contributed by atoms with van der Waals surface area (Å²) in [6.07, 6.45) is 0. The number of imide groups is 1. The third kappa shape index (κ3) is 1.82. The number of hydrogen-bond donors (Lipinski definition) is 2. The molecule has 2 aliphatic heterocycles. The highest BCUT2D eigenvalue weighted by Crippen LogP contribution is 2.47. The van der Waals surface area contributed by atoms with Gasteiger partial charge in [0.05, 0.1) is 16.6 Å². The number of guanidine groups is 1. The van der Waals surface area contributed by atoms with E-state index in [9.17, 15) is 14.4 Å². The van der Waals surface area contributed by atoms with Gasteiger partial charge >= 0.3 is 0 Å². The van der Waals surface area contributed by atoms with Crippen molar-refractivity contribution in [3.63, 3.8) is 0 Å². The van der Waals surface area contributed by atoms with Gasteiger partial charge in [-0.15, -0.1) is 0 Å². The third-order valence-corrected chi connectivity index (χ3v) is 4.98. The van der Waals surface area contributed by atoms with Gasteiger partial charge in [0.2, 0.25) is 11.9 Å². The third-order valence-electron chi connectivity index (χ3n) is 4.98. The molecule has 3 aromatic rings. The smallest absolute Gasteiger partial charge is 0.288 e. The number of anilines is 2. The molecule has 0 radical (unpaired) electrons. The molecule has 5 rings (SSSR count). The number of para-hydroxylation sites is 2. The summed E-state index contributed by atoms with van der Waals surface area (Å²) in [5, 5.41) is 3.09. The maximum atomic E-state index is 13.6. The van der Waals surface area contributed by atoms with Gasteiger partial charge in [-0.2, -0.15) is 4.98 Å². The van der Waals surface area contributed by atoms with Gasteiger partial charge in [0.1, 0.15) is 0 Å². The van der Waals surface area contributed by atoms with E-state index < -0.39 is 23.0 Å². The minimum atomic E-state index is -1.67. The Kier molecular flexibility index (Phi) is 3.04. The fourth-order valence-corrected chi connectivity index (χ4v) is 3.93. The Hall–Kier alpha value is -4.01. The molecular weight excluding hydrogens is 360 g/mol. The minimum absolute atomic E-state index is 0.0734. The molecule has 0 aliphatic carbocycles. The maximum Gasteiger partial charge on any atom is 0.288 e. The zero-order chi connectivity index (χ0) is 19.6. The van der Waals surface area contributed by atoms with Crippen LogP contribution in [0.2, 0.25) is 0 Å². The predicted octanol–water partition coefficient (Wildman–Crippen LogP) is 0.731. The molecule has 0 unspecified atom stereocenters. The molecule has 1 aromatic heterocycles. The lowest BCUT2D eigenvalue weighted by Crippen LogP contribution is -2.51. The summed E-state index contributed by atoms with van der Waals surface area (Å²) < 4.78 is 1.53. The first-order valence-corrected chi connectivity index (χ1v) is 8.54. The molecule has 1 atom stereocenters. The normalized spacial score (nSPS) is 20.0. The second-order valence-corrected chi connectivity index (χ2v) is 6.56. The number of aliphatic imine (C=N–C) groups is 1. The van der Waals surface area contributed by atoms with E-state index in [1.165, 1.54) is 11.5 Å². The number of benzene rings is 2. The maximum absolute atomic E-state index is 13.6. The van der Waals surface area contributed by atoms with E-state index >= 15 is 0 Å². The first-order chi connectivity index (χ1) is 13.4. The average Bonchev–Trinajstić information content (AvgIpc) is 2.90. The number of amides is 2. The molecule has 2 aliphatic rings. The molecule has 0 fully saturated rings. The molecule has 3 N–H and O–H groups in total. The van der Waals surface area contributed by atoms with Gasteiger partial charge in [0.15, 0.2) is 5.96 Å². The molecule has 9 nitrogen and oxygen atoms in total. The number of fused-ring (bicyclic) bond motifs is 6. The molecule has 0 bridgehead atoms. The van der Waals surface area contributed by atoms with Gasteiger partial charge in [0, 0.05) is 12.5 Å². The first kappa shape index (κ1) is 16.2. The van der Waals surface area contributed by atoms with E-state index in [1.54, 1.807) is 48.5 Å². The summed E-state index contributed by atoms with van der Waals surface area (Å²) in [7, 11) is 0. The Morgan fingerprint density at radius 3 is 2.61 bits per heavy atom. The number of nitrogens with zero attached hydrogens (tertiary/aromatic N) is 4. The lowest BCUT2D eigenvalue weighted by atomic mass is 9.99. The van der Waals surface area contributed by atoms with E-state index in [-0.39, 0.29) is 11.9 Å². The number of aromatic nitrogens is 2. The van der Waals surface area contributed by atoms with Crippen LogP contribution in [0.1, 0.15) is 12.5 Å². The van der Waals surface area contributed by atoms with E-state index in [0.717, 1.165) is 4.90 Å². The zero-order valence-electron chi connectivity index (χ0n) is 14.7. The van der Waals surface area contributed by atoms with Gasteiger partial charge in [-0.05, 0) is 18.2 Å². The van der Waals surface area contributed by atoms with Crippen LogP contribution in [-0.4, -0.2) is 27.3 Å². The molecular formula is C19H14N6O3. The van der Waals surface area contributed by atoms with E-state index in [4.69, 9.17) is 5.73 Å². The Balaban J connectivity index is 1.99. The number of carbonyl (C=O) groups excluding carboxylic acids is 2. The summed E-state index contributed by atoms with van der Waals surface area (Å²) in [4.78, 5) is 48.0. The van der Waals surface area contributed by atoms with E-state index in [0.29, 0.717) is 22.2 Å². The Morgan fingerprint density at radius 1 is 1.11 bits per heavy atom. The number of nitrogens with one attached hydrogen (secondary N) is 1. The molecule has 3 heterocycles. The lowest BCUT2D eigenvalue weighted by molar-refractivity contribution is -0.128. The highest BCUT2D eigenvalue weighted by atomic mass is 16.2. The van der Waals surface area contributed by atoms with Gasteiger partial charge < -0.3 is 5.73 Å².